The van der Waals surface area contributed by atoms with Crippen molar-refractivity contribution in [2.24, 2.45) is 0 Å². The van der Waals surface area contributed by atoms with Gasteiger partial charge in [0.1, 0.15) is 17.7 Å². The van der Waals surface area contributed by atoms with Gasteiger partial charge in [0.15, 0.2) is 0 Å². The molecule has 2 N–H and O–H groups in total. The lowest BCUT2D eigenvalue weighted by Gasteiger charge is -2.36. The number of nitrogens with zero attached hydrogens (tertiary/aromatic N) is 1. The number of benzene rings is 2. The van der Waals surface area contributed by atoms with Gasteiger partial charge in [0, 0.05) is 18.5 Å². The Hall–Kier alpha value is -3.61. The van der Waals surface area contributed by atoms with Crippen LogP contribution in [0.2, 0.25) is 0 Å². The van der Waals surface area contributed by atoms with Gasteiger partial charge in [-0.25, -0.2) is 4.79 Å². The molecular weight excluding hydrogens is 478 g/mol. The molecule has 2 aromatic rings. The number of hydrogen-bond acceptors (Lipinski definition) is 4. The SMILES string of the molecule is C=CCN(C(=O)C(Cc1ccccc1)NC(=O)OC(C)(C)C)C(C(=O)NC(C)(C)C)c1ccc(C)cc1C. The number of ether oxygens (including phenoxy) is 1. The van der Waals surface area contributed by atoms with Gasteiger partial charge in [0.25, 0.3) is 0 Å². The molecule has 206 valence electrons. The molecule has 2 atom stereocenters. The van der Waals surface area contributed by atoms with Gasteiger partial charge in [-0.3, -0.25) is 9.59 Å². The van der Waals surface area contributed by atoms with E-state index in [0.717, 1.165) is 16.7 Å². The van der Waals surface area contributed by atoms with Crippen LogP contribution in [0, 0.1) is 13.8 Å². The first-order valence-corrected chi connectivity index (χ1v) is 13.0. The van der Waals surface area contributed by atoms with Crippen LogP contribution in [-0.4, -0.2) is 46.5 Å². The number of rotatable bonds is 9. The molecule has 2 aromatic carbocycles. The second kappa shape index (κ2) is 12.8. The molecule has 0 bridgehead atoms. The summed E-state index contributed by atoms with van der Waals surface area (Å²) in [5, 5.41) is 5.79. The van der Waals surface area contributed by atoms with Crippen LogP contribution in [0.5, 0.6) is 0 Å². The molecule has 0 aliphatic carbocycles. The average Bonchev–Trinajstić information content (AvgIpc) is 2.77. The zero-order valence-electron chi connectivity index (χ0n) is 24.1. The Labute approximate surface area is 227 Å². The molecule has 0 radical (unpaired) electrons. The highest BCUT2D eigenvalue weighted by molar-refractivity contribution is 5.93. The number of carbonyl (C=O) groups is 3. The Balaban J connectivity index is 2.58. The van der Waals surface area contributed by atoms with Crippen LogP contribution >= 0.6 is 0 Å². The lowest BCUT2D eigenvalue weighted by atomic mass is 9.95. The first-order chi connectivity index (χ1) is 17.6. The topological polar surface area (TPSA) is 87.7 Å². The van der Waals surface area contributed by atoms with Crippen LogP contribution in [0.15, 0.2) is 61.2 Å². The van der Waals surface area contributed by atoms with E-state index in [-0.39, 0.29) is 18.9 Å². The summed E-state index contributed by atoms with van der Waals surface area (Å²) in [6.07, 6.45) is 1.12. The highest BCUT2D eigenvalue weighted by atomic mass is 16.6. The van der Waals surface area contributed by atoms with E-state index in [1.807, 2.05) is 83.1 Å². The van der Waals surface area contributed by atoms with Crippen LogP contribution in [0.4, 0.5) is 4.79 Å². The van der Waals surface area contributed by atoms with Crippen molar-refractivity contribution in [2.45, 2.75) is 85.0 Å². The second-order valence-corrected chi connectivity index (χ2v) is 11.7. The maximum Gasteiger partial charge on any atom is 0.408 e. The zero-order valence-corrected chi connectivity index (χ0v) is 24.1. The number of hydrogen-bond donors (Lipinski definition) is 2. The van der Waals surface area contributed by atoms with Gasteiger partial charge in [-0.15, -0.1) is 6.58 Å². The van der Waals surface area contributed by atoms with Crippen LogP contribution in [0.3, 0.4) is 0 Å². The molecule has 2 unspecified atom stereocenters. The van der Waals surface area contributed by atoms with Gasteiger partial charge in [0.05, 0.1) is 0 Å². The highest BCUT2D eigenvalue weighted by Crippen LogP contribution is 2.27. The summed E-state index contributed by atoms with van der Waals surface area (Å²) in [5.41, 5.74) is 2.26. The van der Waals surface area contributed by atoms with Gasteiger partial charge in [0.2, 0.25) is 11.8 Å². The molecule has 0 aliphatic rings. The molecule has 0 heterocycles. The van der Waals surface area contributed by atoms with Crippen molar-refractivity contribution >= 4 is 17.9 Å². The quantitative estimate of drug-likeness (QED) is 0.432. The van der Waals surface area contributed by atoms with E-state index in [4.69, 9.17) is 4.74 Å². The summed E-state index contributed by atoms with van der Waals surface area (Å²) in [4.78, 5) is 42.3. The van der Waals surface area contributed by atoms with Crippen molar-refractivity contribution in [3.8, 4) is 0 Å². The molecule has 0 spiro atoms. The second-order valence-electron chi connectivity index (χ2n) is 11.7. The zero-order chi connectivity index (χ0) is 28.7. The smallest absolute Gasteiger partial charge is 0.408 e. The van der Waals surface area contributed by atoms with Crippen molar-refractivity contribution < 1.29 is 19.1 Å². The van der Waals surface area contributed by atoms with Gasteiger partial charge in [-0.1, -0.05) is 60.2 Å². The summed E-state index contributed by atoms with van der Waals surface area (Å²) < 4.78 is 5.47. The van der Waals surface area contributed by atoms with Gasteiger partial charge < -0.3 is 20.3 Å². The number of alkyl carbamates (subject to hydrolysis) is 1. The van der Waals surface area contributed by atoms with E-state index < -0.39 is 35.2 Å². The fourth-order valence-electron chi connectivity index (χ4n) is 4.18. The number of aryl methyl sites for hydroxylation is 2. The van der Waals surface area contributed by atoms with Gasteiger partial charge >= 0.3 is 6.09 Å². The van der Waals surface area contributed by atoms with Crippen molar-refractivity contribution in [3.05, 3.63) is 83.4 Å². The third kappa shape index (κ3) is 9.36. The van der Waals surface area contributed by atoms with Crippen molar-refractivity contribution in [1.82, 2.24) is 15.5 Å². The summed E-state index contributed by atoms with van der Waals surface area (Å²) in [6, 6.07) is 13.3. The molecule has 0 aromatic heterocycles. The molecule has 7 heteroatoms. The average molecular weight is 522 g/mol. The number of nitrogens with one attached hydrogen (secondary N) is 2. The monoisotopic (exact) mass is 521 g/mol. The highest BCUT2D eigenvalue weighted by Gasteiger charge is 2.37. The van der Waals surface area contributed by atoms with E-state index >= 15 is 0 Å². The predicted molar refractivity (Wildman–Crippen MR) is 152 cm³/mol. The van der Waals surface area contributed by atoms with E-state index in [9.17, 15) is 14.4 Å². The molecule has 0 fully saturated rings. The minimum Gasteiger partial charge on any atom is -0.444 e. The minimum atomic E-state index is -0.970. The Bertz CT molecular complexity index is 1130. The predicted octanol–water partition coefficient (Wildman–Crippen LogP) is 5.41. The molecule has 3 amide bonds. The van der Waals surface area contributed by atoms with Crippen LogP contribution in [-0.2, 0) is 20.7 Å². The van der Waals surface area contributed by atoms with Crippen LogP contribution in [0.25, 0.3) is 0 Å². The Morgan fingerprint density at radius 3 is 2.16 bits per heavy atom. The first kappa shape index (κ1) is 30.6. The fourth-order valence-corrected chi connectivity index (χ4v) is 4.18. The molecule has 0 saturated carbocycles. The molecule has 0 aliphatic heterocycles. The van der Waals surface area contributed by atoms with E-state index in [0.29, 0.717) is 5.56 Å². The normalized spacial score (nSPS) is 13.2. The van der Waals surface area contributed by atoms with Crippen molar-refractivity contribution in [3.63, 3.8) is 0 Å². The minimum absolute atomic E-state index is 0.107. The molecule has 2 rings (SSSR count). The van der Waals surface area contributed by atoms with E-state index in [1.54, 1.807) is 26.8 Å². The van der Waals surface area contributed by atoms with Crippen LogP contribution < -0.4 is 10.6 Å². The summed E-state index contributed by atoms with van der Waals surface area (Å²) >= 11 is 0. The molecule has 0 saturated heterocycles. The largest absolute Gasteiger partial charge is 0.444 e. The first-order valence-electron chi connectivity index (χ1n) is 13.0. The van der Waals surface area contributed by atoms with E-state index in [2.05, 4.69) is 17.2 Å². The lowest BCUT2D eigenvalue weighted by Crippen LogP contribution is -2.55. The third-order valence-electron chi connectivity index (χ3n) is 5.66. The summed E-state index contributed by atoms with van der Waals surface area (Å²) in [5.74, 6) is -0.718. The maximum atomic E-state index is 14.2. The van der Waals surface area contributed by atoms with E-state index in [1.165, 1.54) is 4.90 Å². The van der Waals surface area contributed by atoms with Crippen molar-refractivity contribution in [1.29, 1.82) is 0 Å². The maximum absolute atomic E-state index is 14.2. The Morgan fingerprint density at radius 1 is 1.00 bits per heavy atom. The molecule has 38 heavy (non-hydrogen) atoms. The lowest BCUT2D eigenvalue weighted by molar-refractivity contribution is -0.142. The summed E-state index contributed by atoms with van der Waals surface area (Å²) in [6.45, 7) is 18.8. The summed E-state index contributed by atoms with van der Waals surface area (Å²) in [7, 11) is 0. The number of carbonyl (C=O) groups excluding carboxylic acids is 3. The standard InChI is InChI=1S/C31H43N3O4/c1-10-18-34(26(27(35)33-30(4,5)6)24-17-16-21(2)19-22(24)3)28(36)25(20-23-14-12-11-13-15-23)32-29(37)38-31(7,8)9/h10-17,19,25-26H,1,18,20H2,2-9H3,(H,32,37)(H,33,35). The number of amides is 3. The molecule has 7 nitrogen and oxygen atoms in total. The fraction of sp³-hybridized carbons (Fsp3) is 0.452. The van der Waals surface area contributed by atoms with Crippen molar-refractivity contribution in [2.75, 3.05) is 6.54 Å². The molecular formula is C31H43N3O4. The third-order valence-corrected chi connectivity index (χ3v) is 5.66. The van der Waals surface area contributed by atoms with Crippen LogP contribution in [0.1, 0.15) is 69.8 Å². The van der Waals surface area contributed by atoms with Gasteiger partial charge in [-0.2, -0.15) is 0 Å². The Morgan fingerprint density at radius 2 is 1.63 bits per heavy atom. The Kier molecular flexibility index (Phi) is 10.3. The van der Waals surface area contributed by atoms with Gasteiger partial charge in [-0.05, 0) is 72.1 Å².